The van der Waals surface area contributed by atoms with Gasteiger partial charge in [-0.2, -0.15) is 0 Å². The van der Waals surface area contributed by atoms with Crippen molar-refractivity contribution >= 4 is 21.6 Å². The third-order valence-corrected chi connectivity index (χ3v) is 4.44. The van der Waals surface area contributed by atoms with Crippen LogP contribution in [0.3, 0.4) is 0 Å². The highest BCUT2D eigenvalue weighted by atomic mass is 32.2. The SMILES string of the molecule is C=CCNS(=O)(=O)c1ccc(NC(=O)c2ccc(F)cc2)c(F)c1. The van der Waals surface area contributed by atoms with Gasteiger partial charge in [0.2, 0.25) is 10.0 Å². The van der Waals surface area contributed by atoms with E-state index in [1.54, 1.807) is 0 Å². The zero-order valence-corrected chi connectivity index (χ0v) is 13.2. The summed E-state index contributed by atoms with van der Waals surface area (Å²) in [5, 5.41) is 2.30. The van der Waals surface area contributed by atoms with Gasteiger partial charge in [0.25, 0.3) is 5.91 Å². The fraction of sp³-hybridized carbons (Fsp3) is 0.0625. The van der Waals surface area contributed by atoms with Crippen molar-refractivity contribution in [3.63, 3.8) is 0 Å². The number of anilines is 1. The third-order valence-electron chi connectivity index (χ3n) is 3.02. The van der Waals surface area contributed by atoms with Crippen LogP contribution in [0.5, 0.6) is 0 Å². The molecule has 8 heteroatoms. The molecule has 2 aromatic rings. The van der Waals surface area contributed by atoms with Crippen molar-refractivity contribution < 1.29 is 22.0 Å². The molecule has 0 radical (unpaired) electrons. The molecule has 2 rings (SSSR count). The molecule has 0 aliphatic rings. The highest BCUT2D eigenvalue weighted by molar-refractivity contribution is 7.89. The van der Waals surface area contributed by atoms with Crippen LogP contribution in [0.2, 0.25) is 0 Å². The topological polar surface area (TPSA) is 75.3 Å². The van der Waals surface area contributed by atoms with E-state index in [0.29, 0.717) is 0 Å². The van der Waals surface area contributed by atoms with Crippen molar-refractivity contribution in [1.29, 1.82) is 0 Å². The summed E-state index contributed by atoms with van der Waals surface area (Å²) in [7, 11) is -3.86. The molecule has 0 saturated heterocycles. The molecule has 0 unspecified atom stereocenters. The first kappa shape index (κ1) is 17.8. The van der Waals surface area contributed by atoms with E-state index in [1.807, 2.05) is 0 Å². The maximum Gasteiger partial charge on any atom is 0.255 e. The summed E-state index contributed by atoms with van der Waals surface area (Å²) >= 11 is 0. The summed E-state index contributed by atoms with van der Waals surface area (Å²) in [6.45, 7) is 3.39. The van der Waals surface area contributed by atoms with Crippen LogP contribution in [0.1, 0.15) is 10.4 Å². The summed E-state index contributed by atoms with van der Waals surface area (Å²) in [5.41, 5.74) is -0.0489. The van der Waals surface area contributed by atoms with Crippen LogP contribution in [0.15, 0.2) is 60.0 Å². The summed E-state index contributed by atoms with van der Waals surface area (Å²) in [6, 6.07) is 7.80. The summed E-state index contributed by atoms with van der Waals surface area (Å²) in [5.74, 6) is -2.06. The van der Waals surface area contributed by atoms with Crippen molar-refractivity contribution in [2.45, 2.75) is 4.90 Å². The predicted molar refractivity (Wildman–Crippen MR) is 86.1 cm³/mol. The Hall–Kier alpha value is -2.58. The molecule has 0 bridgehead atoms. The minimum absolute atomic E-state index is 0.00695. The van der Waals surface area contributed by atoms with Crippen LogP contribution >= 0.6 is 0 Å². The molecule has 1 amide bonds. The van der Waals surface area contributed by atoms with E-state index in [4.69, 9.17) is 0 Å². The van der Waals surface area contributed by atoms with E-state index in [2.05, 4.69) is 16.6 Å². The molecule has 0 atom stereocenters. The van der Waals surface area contributed by atoms with Gasteiger partial charge < -0.3 is 5.32 Å². The van der Waals surface area contributed by atoms with Gasteiger partial charge in [-0.1, -0.05) is 6.08 Å². The van der Waals surface area contributed by atoms with Crippen LogP contribution in [0.4, 0.5) is 14.5 Å². The maximum atomic E-state index is 14.1. The third kappa shape index (κ3) is 4.24. The van der Waals surface area contributed by atoms with E-state index in [-0.39, 0.29) is 22.7 Å². The van der Waals surface area contributed by atoms with Crippen LogP contribution in [-0.4, -0.2) is 20.9 Å². The molecule has 0 spiro atoms. The molecular weight excluding hydrogens is 338 g/mol. The number of amides is 1. The molecule has 0 aliphatic heterocycles. The standard InChI is InChI=1S/C16H14F2N2O3S/c1-2-9-19-24(22,23)13-7-8-15(14(18)10-13)20-16(21)11-3-5-12(17)6-4-11/h2-8,10,19H,1,9H2,(H,20,21). The summed E-state index contributed by atoms with van der Waals surface area (Å²) < 4.78 is 52.9. The minimum atomic E-state index is -3.86. The van der Waals surface area contributed by atoms with Crippen LogP contribution in [0, 0.1) is 11.6 Å². The molecule has 2 N–H and O–H groups in total. The molecule has 0 heterocycles. The van der Waals surface area contributed by atoms with Gasteiger partial charge >= 0.3 is 0 Å². The summed E-state index contributed by atoms with van der Waals surface area (Å²) in [6.07, 6.45) is 1.35. The first-order chi connectivity index (χ1) is 11.3. The van der Waals surface area contributed by atoms with Crippen molar-refractivity contribution in [2.75, 3.05) is 11.9 Å². The molecule has 126 valence electrons. The molecular formula is C16H14F2N2O3S. The van der Waals surface area contributed by atoms with Gasteiger partial charge in [-0.3, -0.25) is 4.79 Å². The van der Waals surface area contributed by atoms with E-state index >= 15 is 0 Å². The average molecular weight is 352 g/mol. The Morgan fingerprint density at radius 1 is 1.12 bits per heavy atom. The lowest BCUT2D eigenvalue weighted by Crippen LogP contribution is -2.24. The molecule has 0 saturated carbocycles. The number of sulfonamides is 1. The van der Waals surface area contributed by atoms with Gasteiger partial charge in [0.1, 0.15) is 11.6 Å². The first-order valence-corrected chi connectivity index (χ1v) is 8.29. The van der Waals surface area contributed by atoms with Gasteiger partial charge in [0, 0.05) is 12.1 Å². The molecule has 0 aliphatic carbocycles. The predicted octanol–water partition coefficient (Wildman–Crippen LogP) is 2.68. The monoisotopic (exact) mass is 352 g/mol. The van der Waals surface area contributed by atoms with Crippen molar-refractivity contribution in [3.05, 3.63) is 72.3 Å². The largest absolute Gasteiger partial charge is 0.319 e. The maximum absolute atomic E-state index is 14.1. The van der Waals surface area contributed by atoms with E-state index in [9.17, 15) is 22.0 Å². The quantitative estimate of drug-likeness (QED) is 0.785. The van der Waals surface area contributed by atoms with Gasteiger partial charge in [0.15, 0.2) is 0 Å². The van der Waals surface area contributed by atoms with Gasteiger partial charge in [-0.25, -0.2) is 21.9 Å². The number of carbonyl (C=O) groups is 1. The lowest BCUT2D eigenvalue weighted by molar-refractivity contribution is 0.102. The van der Waals surface area contributed by atoms with Gasteiger partial charge in [-0.15, -0.1) is 6.58 Å². The van der Waals surface area contributed by atoms with Crippen molar-refractivity contribution in [3.8, 4) is 0 Å². The Kier molecular flexibility index (Phi) is 5.42. The summed E-state index contributed by atoms with van der Waals surface area (Å²) in [4.78, 5) is 11.7. The lowest BCUT2D eigenvalue weighted by Gasteiger charge is -2.09. The fourth-order valence-corrected chi connectivity index (χ4v) is 2.82. The van der Waals surface area contributed by atoms with Crippen LogP contribution in [0.25, 0.3) is 0 Å². The molecule has 2 aromatic carbocycles. The van der Waals surface area contributed by atoms with Gasteiger partial charge in [0.05, 0.1) is 10.6 Å². The second-order valence-corrected chi connectivity index (χ2v) is 6.51. The Morgan fingerprint density at radius 2 is 1.79 bits per heavy atom. The fourth-order valence-electron chi connectivity index (χ4n) is 1.81. The molecule has 5 nitrogen and oxygen atoms in total. The lowest BCUT2D eigenvalue weighted by atomic mass is 10.2. The van der Waals surface area contributed by atoms with Gasteiger partial charge in [-0.05, 0) is 42.5 Å². The second kappa shape index (κ2) is 7.33. The molecule has 0 aromatic heterocycles. The van der Waals surface area contributed by atoms with Crippen LogP contribution in [-0.2, 0) is 10.0 Å². The second-order valence-electron chi connectivity index (χ2n) is 4.74. The zero-order valence-electron chi connectivity index (χ0n) is 12.4. The number of benzene rings is 2. The van der Waals surface area contributed by atoms with E-state index < -0.39 is 27.6 Å². The number of hydrogen-bond acceptors (Lipinski definition) is 3. The first-order valence-electron chi connectivity index (χ1n) is 6.80. The smallest absolute Gasteiger partial charge is 0.255 e. The van der Waals surface area contributed by atoms with Crippen LogP contribution < -0.4 is 10.0 Å². The number of nitrogens with one attached hydrogen (secondary N) is 2. The molecule has 24 heavy (non-hydrogen) atoms. The number of rotatable bonds is 6. The van der Waals surface area contributed by atoms with Crippen molar-refractivity contribution in [1.82, 2.24) is 4.72 Å². The highest BCUT2D eigenvalue weighted by Crippen LogP contribution is 2.19. The minimum Gasteiger partial charge on any atom is -0.319 e. The highest BCUT2D eigenvalue weighted by Gasteiger charge is 2.16. The Bertz CT molecular complexity index is 865. The average Bonchev–Trinajstić information content (AvgIpc) is 2.55. The number of carbonyl (C=O) groups excluding carboxylic acids is 1. The van der Waals surface area contributed by atoms with E-state index in [0.717, 1.165) is 30.3 Å². The molecule has 0 fully saturated rings. The van der Waals surface area contributed by atoms with Crippen molar-refractivity contribution in [2.24, 2.45) is 0 Å². The normalized spacial score (nSPS) is 11.1. The Balaban J connectivity index is 2.19. The number of hydrogen-bond donors (Lipinski definition) is 2. The zero-order chi connectivity index (χ0) is 17.7. The van der Waals surface area contributed by atoms with E-state index in [1.165, 1.54) is 18.2 Å². The Labute approximate surface area is 138 Å². The Morgan fingerprint density at radius 3 is 2.38 bits per heavy atom. The number of halogens is 2.